The molecule has 2 atom stereocenters. The highest BCUT2D eigenvalue weighted by atomic mass is 32.2. The Balaban J connectivity index is 2.26. The van der Waals surface area contributed by atoms with E-state index in [-0.39, 0.29) is 12.1 Å². The molecule has 1 fully saturated rings. The molecule has 18 heavy (non-hydrogen) atoms. The van der Waals surface area contributed by atoms with Crippen molar-refractivity contribution in [2.75, 3.05) is 25.1 Å². The quantitative estimate of drug-likeness (QED) is 0.647. The topological polar surface area (TPSA) is 41.3 Å². The lowest BCUT2D eigenvalue weighted by Gasteiger charge is -2.37. The van der Waals surface area contributed by atoms with Crippen molar-refractivity contribution >= 4 is 11.8 Å². The molecule has 0 bridgehead atoms. The van der Waals surface area contributed by atoms with Crippen molar-refractivity contribution in [3.8, 4) is 0 Å². The van der Waals surface area contributed by atoms with Crippen molar-refractivity contribution in [3.05, 3.63) is 35.4 Å². The van der Waals surface area contributed by atoms with Crippen LogP contribution in [0.5, 0.6) is 0 Å². The van der Waals surface area contributed by atoms with Crippen LogP contribution in [0.1, 0.15) is 11.6 Å². The van der Waals surface area contributed by atoms with Gasteiger partial charge in [0.1, 0.15) is 11.6 Å². The van der Waals surface area contributed by atoms with E-state index in [2.05, 4.69) is 10.3 Å². The highest BCUT2D eigenvalue weighted by Gasteiger charge is 2.29. The molecule has 2 unspecified atom stereocenters. The first-order chi connectivity index (χ1) is 8.61. The second-order valence-electron chi connectivity index (χ2n) is 4.47. The Kier molecular flexibility index (Phi) is 4.55. The van der Waals surface area contributed by atoms with Crippen LogP contribution < -0.4 is 11.3 Å². The Labute approximate surface area is 110 Å². The summed E-state index contributed by atoms with van der Waals surface area (Å²) in [6.07, 6.45) is 0. The van der Waals surface area contributed by atoms with Gasteiger partial charge in [-0.05, 0) is 24.7 Å². The zero-order valence-electron chi connectivity index (χ0n) is 10.2. The average molecular weight is 273 g/mol. The molecule has 2 rings (SSSR count). The van der Waals surface area contributed by atoms with E-state index in [1.165, 1.54) is 12.1 Å². The fraction of sp³-hybridized carbons (Fsp3) is 0.500. The number of hydrazine groups is 1. The minimum Gasteiger partial charge on any atom is -0.300 e. The van der Waals surface area contributed by atoms with Crippen LogP contribution in [-0.2, 0) is 0 Å². The summed E-state index contributed by atoms with van der Waals surface area (Å²) >= 11 is 1.83. The van der Waals surface area contributed by atoms with Crippen LogP contribution in [0.3, 0.4) is 0 Å². The minimum atomic E-state index is -0.573. The fourth-order valence-electron chi connectivity index (χ4n) is 2.24. The molecule has 1 aromatic carbocycles. The van der Waals surface area contributed by atoms with Crippen LogP contribution in [0.25, 0.3) is 0 Å². The van der Waals surface area contributed by atoms with Gasteiger partial charge >= 0.3 is 0 Å². The van der Waals surface area contributed by atoms with Gasteiger partial charge in [-0.3, -0.25) is 16.2 Å². The Morgan fingerprint density at radius 3 is 2.61 bits per heavy atom. The van der Waals surface area contributed by atoms with E-state index < -0.39 is 11.6 Å². The van der Waals surface area contributed by atoms with Crippen molar-refractivity contribution in [1.29, 1.82) is 0 Å². The van der Waals surface area contributed by atoms with Crippen molar-refractivity contribution in [1.82, 2.24) is 10.3 Å². The predicted molar refractivity (Wildman–Crippen MR) is 70.2 cm³/mol. The number of nitrogens with two attached hydrogens (primary N) is 1. The van der Waals surface area contributed by atoms with Crippen molar-refractivity contribution in [3.63, 3.8) is 0 Å². The van der Waals surface area contributed by atoms with Crippen molar-refractivity contribution < 1.29 is 8.78 Å². The van der Waals surface area contributed by atoms with Crippen LogP contribution in [-0.4, -0.2) is 36.0 Å². The molecule has 0 amide bonds. The number of halogens is 2. The molecule has 3 nitrogen and oxygen atoms in total. The van der Waals surface area contributed by atoms with Gasteiger partial charge < -0.3 is 0 Å². The van der Waals surface area contributed by atoms with Gasteiger partial charge in [-0.1, -0.05) is 0 Å². The number of nitrogens with zero attached hydrogens (tertiary/aromatic N) is 1. The van der Waals surface area contributed by atoms with Gasteiger partial charge in [0.2, 0.25) is 0 Å². The molecule has 0 spiro atoms. The predicted octanol–water partition coefficient (Wildman–Crippen LogP) is 1.52. The molecule has 1 aromatic rings. The first-order valence-electron chi connectivity index (χ1n) is 5.82. The van der Waals surface area contributed by atoms with Gasteiger partial charge in [-0.25, -0.2) is 8.78 Å². The van der Waals surface area contributed by atoms with Crippen LogP contribution in [0.15, 0.2) is 18.2 Å². The lowest BCUT2D eigenvalue weighted by Crippen LogP contribution is -2.49. The maximum Gasteiger partial charge on any atom is 0.126 e. The molecule has 0 saturated carbocycles. The van der Waals surface area contributed by atoms with E-state index in [0.717, 1.165) is 24.1 Å². The van der Waals surface area contributed by atoms with E-state index in [1.807, 2.05) is 18.8 Å². The van der Waals surface area contributed by atoms with Gasteiger partial charge in [-0.2, -0.15) is 11.8 Å². The number of rotatable bonds is 3. The molecule has 0 radical (unpaired) electrons. The lowest BCUT2D eigenvalue weighted by molar-refractivity contribution is 0.216. The second-order valence-corrected chi connectivity index (χ2v) is 5.62. The van der Waals surface area contributed by atoms with E-state index in [1.54, 1.807) is 0 Å². The molecule has 1 aliphatic rings. The highest BCUT2D eigenvalue weighted by Crippen LogP contribution is 2.27. The first-order valence-corrected chi connectivity index (χ1v) is 6.97. The summed E-state index contributed by atoms with van der Waals surface area (Å²) in [7, 11) is 2.00. The van der Waals surface area contributed by atoms with Crippen molar-refractivity contribution in [2.24, 2.45) is 5.84 Å². The van der Waals surface area contributed by atoms with Gasteiger partial charge in [0.25, 0.3) is 0 Å². The Morgan fingerprint density at radius 1 is 1.39 bits per heavy atom. The molecule has 0 aliphatic carbocycles. The smallest absolute Gasteiger partial charge is 0.126 e. The maximum absolute atomic E-state index is 13.3. The molecule has 0 aromatic heterocycles. The summed E-state index contributed by atoms with van der Waals surface area (Å²) in [4.78, 5) is 2.17. The first kappa shape index (κ1) is 13.7. The Morgan fingerprint density at radius 2 is 2.06 bits per heavy atom. The summed E-state index contributed by atoms with van der Waals surface area (Å²) in [5, 5.41) is 0. The normalized spacial score (nSPS) is 23.0. The number of benzene rings is 1. The number of hydrogen-bond donors (Lipinski definition) is 2. The molecule has 1 saturated heterocycles. The van der Waals surface area contributed by atoms with Crippen LogP contribution in [0.4, 0.5) is 8.78 Å². The van der Waals surface area contributed by atoms with Crippen molar-refractivity contribution in [2.45, 2.75) is 12.1 Å². The molecular formula is C12H17F2N3S. The molecular weight excluding hydrogens is 256 g/mol. The van der Waals surface area contributed by atoms with E-state index in [4.69, 9.17) is 5.84 Å². The summed E-state index contributed by atoms with van der Waals surface area (Å²) in [6, 6.07) is 3.40. The Hall–Kier alpha value is -0.690. The number of likely N-dealkylation sites (N-methyl/N-ethyl adjacent to an activating group) is 1. The summed E-state index contributed by atoms with van der Waals surface area (Å²) in [6.45, 7) is 0.950. The third-order valence-electron chi connectivity index (χ3n) is 3.25. The zero-order valence-corrected chi connectivity index (χ0v) is 11.0. The van der Waals surface area contributed by atoms with Crippen LogP contribution >= 0.6 is 11.8 Å². The second kappa shape index (κ2) is 5.97. The third kappa shape index (κ3) is 3.00. The Bertz CT molecular complexity index is 396. The summed E-state index contributed by atoms with van der Waals surface area (Å²) < 4.78 is 26.5. The number of nitrogens with one attached hydrogen (secondary N) is 1. The van der Waals surface area contributed by atoms with Gasteiger partial charge in [0.05, 0.1) is 6.04 Å². The van der Waals surface area contributed by atoms with Crippen LogP contribution in [0.2, 0.25) is 0 Å². The lowest BCUT2D eigenvalue weighted by atomic mass is 9.99. The van der Waals surface area contributed by atoms with Gasteiger partial charge in [-0.15, -0.1) is 0 Å². The fourth-order valence-corrected chi connectivity index (χ4v) is 3.51. The molecule has 1 heterocycles. The number of thioether (sulfide) groups is 1. The monoisotopic (exact) mass is 273 g/mol. The van der Waals surface area contributed by atoms with E-state index in [0.29, 0.717) is 5.56 Å². The third-order valence-corrected chi connectivity index (χ3v) is 4.30. The van der Waals surface area contributed by atoms with E-state index in [9.17, 15) is 8.78 Å². The molecule has 100 valence electrons. The standard InChI is InChI=1S/C12H17F2N3S/c1-17-2-3-18-7-11(17)12(16-15)8-4-9(13)6-10(14)5-8/h4-6,11-12,16H,2-3,7,15H2,1H3. The molecule has 6 heteroatoms. The SMILES string of the molecule is CN1CCSCC1C(NN)c1cc(F)cc(F)c1. The van der Waals surface area contributed by atoms with E-state index >= 15 is 0 Å². The summed E-state index contributed by atoms with van der Waals surface area (Å²) in [5.74, 6) is 6.39. The molecule has 1 aliphatic heterocycles. The minimum absolute atomic E-state index is 0.134. The van der Waals surface area contributed by atoms with Gasteiger partial charge in [0, 0.05) is 30.2 Å². The maximum atomic E-state index is 13.3. The average Bonchev–Trinajstić information content (AvgIpc) is 2.31. The van der Waals surface area contributed by atoms with Crippen LogP contribution in [0, 0.1) is 11.6 Å². The highest BCUT2D eigenvalue weighted by molar-refractivity contribution is 7.99. The largest absolute Gasteiger partial charge is 0.300 e. The summed E-state index contributed by atoms with van der Waals surface area (Å²) in [5.41, 5.74) is 3.23. The zero-order chi connectivity index (χ0) is 13.1. The van der Waals surface area contributed by atoms with Gasteiger partial charge in [0.15, 0.2) is 0 Å². The number of hydrogen-bond acceptors (Lipinski definition) is 4. The molecule has 3 N–H and O–H groups in total.